The molecule has 1 aliphatic rings. The van der Waals surface area contributed by atoms with Gasteiger partial charge in [0.25, 0.3) is 5.91 Å². The summed E-state index contributed by atoms with van der Waals surface area (Å²) in [7, 11) is 1.65. The Morgan fingerprint density at radius 3 is 2.30 bits per heavy atom. The van der Waals surface area contributed by atoms with E-state index in [9.17, 15) is 9.59 Å². The van der Waals surface area contributed by atoms with Crippen molar-refractivity contribution in [3.05, 3.63) is 72.3 Å². The van der Waals surface area contributed by atoms with Gasteiger partial charge in [0.15, 0.2) is 6.61 Å². The Morgan fingerprint density at radius 1 is 0.867 bits per heavy atom. The summed E-state index contributed by atoms with van der Waals surface area (Å²) in [6.45, 7) is 2.41. The van der Waals surface area contributed by atoms with Crippen molar-refractivity contribution in [1.29, 1.82) is 0 Å². The minimum atomic E-state index is -0.475. The fourth-order valence-corrected chi connectivity index (χ4v) is 3.71. The van der Waals surface area contributed by atoms with E-state index < -0.39 is 5.97 Å². The third-order valence-corrected chi connectivity index (χ3v) is 5.41. The van der Waals surface area contributed by atoms with Crippen LogP contribution in [0, 0.1) is 0 Å². The number of hydrogen-bond acceptors (Lipinski definition) is 5. The second-order valence-electron chi connectivity index (χ2n) is 7.17. The molecule has 0 aromatic heterocycles. The van der Waals surface area contributed by atoms with Crippen molar-refractivity contribution in [2.45, 2.75) is 0 Å². The lowest BCUT2D eigenvalue weighted by atomic mass is 10.1. The van der Waals surface area contributed by atoms with E-state index in [1.54, 1.807) is 18.1 Å². The van der Waals surface area contributed by atoms with Gasteiger partial charge in [-0.3, -0.25) is 4.79 Å². The average molecular weight is 404 g/mol. The van der Waals surface area contributed by atoms with Crippen LogP contribution in [0.3, 0.4) is 0 Å². The first kappa shape index (κ1) is 19.8. The predicted molar refractivity (Wildman–Crippen MR) is 116 cm³/mol. The lowest BCUT2D eigenvalue weighted by Gasteiger charge is -2.36. The van der Waals surface area contributed by atoms with Gasteiger partial charge >= 0.3 is 5.97 Å². The molecular weight excluding hydrogens is 380 g/mol. The molecule has 0 spiro atoms. The zero-order valence-electron chi connectivity index (χ0n) is 16.9. The molecule has 0 unspecified atom stereocenters. The lowest BCUT2D eigenvalue weighted by molar-refractivity contribution is -0.134. The Labute approximate surface area is 175 Å². The van der Waals surface area contributed by atoms with E-state index in [-0.39, 0.29) is 12.5 Å². The van der Waals surface area contributed by atoms with Crippen LogP contribution in [0.4, 0.5) is 5.69 Å². The first-order valence-electron chi connectivity index (χ1n) is 9.97. The lowest BCUT2D eigenvalue weighted by Crippen LogP contribution is -2.49. The normalized spacial score (nSPS) is 13.9. The number of fused-ring (bicyclic) bond motifs is 1. The zero-order valence-corrected chi connectivity index (χ0v) is 16.9. The van der Waals surface area contributed by atoms with Gasteiger partial charge < -0.3 is 19.3 Å². The molecule has 1 heterocycles. The molecule has 0 atom stereocenters. The number of piperazine rings is 1. The molecule has 4 rings (SSSR count). The van der Waals surface area contributed by atoms with Crippen LogP contribution in [0.15, 0.2) is 66.7 Å². The molecule has 30 heavy (non-hydrogen) atoms. The molecule has 1 aliphatic heterocycles. The fraction of sp³-hybridized carbons (Fsp3) is 0.250. The molecular formula is C24H24N2O4. The minimum absolute atomic E-state index is 0.169. The summed E-state index contributed by atoms with van der Waals surface area (Å²) in [5.41, 5.74) is 1.58. The molecule has 0 saturated carbocycles. The second-order valence-corrected chi connectivity index (χ2v) is 7.17. The maximum absolute atomic E-state index is 12.5. The number of benzene rings is 3. The van der Waals surface area contributed by atoms with Crippen molar-refractivity contribution in [2.24, 2.45) is 0 Å². The van der Waals surface area contributed by atoms with Gasteiger partial charge in [-0.1, -0.05) is 36.4 Å². The summed E-state index contributed by atoms with van der Waals surface area (Å²) in [5, 5.41) is 1.79. The van der Waals surface area contributed by atoms with Gasteiger partial charge in [0.2, 0.25) is 0 Å². The Bertz CT molecular complexity index is 1040. The topological polar surface area (TPSA) is 59.1 Å². The molecule has 3 aromatic carbocycles. The smallest absolute Gasteiger partial charge is 0.339 e. The monoisotopic (exact) mass is 404 g/mol. The SMILES string of the molecule is COc1ccc(N2CCN(C(=O)COC(=O)c3cccc4ccccc34)CC2)cc1. The molecule has 1 saturated heterocycles. The second kappa shape index (κ2) is 8.86. The quantitative estimate of drug-likeness (QED) is 0.611. The number of amides is 1. The zero-order chi connectivity index (χ0) is 20.9. The third-order valence-electron chi connectivity index (χ3n) is 5.41. The van der Waals surface area contributed by atoms with E-state index >= 15 is 0 Å². The molecule has 6 heteroatoms. The van der Waals surface area contributed by atoms with E-state index in [2.05, 4.69) is 4.90 Å². The van der Waals surface area contributed by atoms with Crippen molar-refractivity contribution in [1.82, 2.24) is 4.90 Å². The van der Waals surface area contributed by atoms with Gasteiger partial charge in [0.1, 0.15) is 5.75 Å². The number of nitrogens with zero attached hydrogens (tertiary/aromatic N) is 2. The molecule has 1 fully saturated rings. The van der Waals surface area contributed by atoms with Crippen LogP contribution in [-0.2, 0) is 9.53 Å². The van der Waals surface area contributed by atoms with Crippen LogP contribution in [0.1, 0.15) is 10.4 Å². The number of esters is 1. The van der Waals surface area contributed by atoms with E-state index in [0.717, 1.165) is 35.3 Å². The largest absolute Gasteiger partial charge is 0.497 e. The van der Waals surface area contributed by atoms with Gasteiger partial charge in [0.05, 0.1) is 12.7 Å². The van der Waals surface area contributed by atoms with E-state index in [0.29, 0.717) is 18.7 Å². The molecule has 154 valence electrons. The van der Waals surface area contributed by atoms with Gasteiger partial charge in [-0.25, -0.2) is 4.79 Å². The highest BCUT2D eigenvalue weighted by atomic mass is 16.5. The highest BCUT2D eigenvalue weighted by Gasteiger charge is 2.23. The molecule has 3 aromatic rings. The first-order chi connectivity index (χ1) is 14.7. The number of methoxy groups -OCH3 is 1. The highest BCUT2D eigenvalue weighted by Crippen LogP contribution is 2.21. The molecule has 6 nitrogen and oxygen atoms in total. The number of anilines is 1. The fourth-order valence-electron chi connectivity index (χ4n) is 3.71. The van der Waals surface area contributed by atoms with E-state index in [4.69, 9.17) is 9.47 Å². The Balaban J connectivity index is 1.31. The van der Waals surface area contributed by atoms with Crippen LogP contribution < -0.4 is 9.64 Å². The maximum atomic E-state index is 12.5. The van der Waals surface area contributed by atoms with Crippen LogP contribution in [0.5, 0.6) is 5.75 Å². The number of ether oxygens (including phenoxy) is 2. The van der Waals surface area contributed by atoms with Crippen LogP contribution in [0.2, 0.25) is 0 Å². The van der Waals surface area contributed by atoms with Crippen LogP contribution in [-0.4, -0.2) is 56.7 Å². The summed E-state index contributed by atoms with van der Waals surface area (Å²) in [4.78, 5) is 29.0. The van der Waals surface area contributed by atoms with Gasteiger partial charge in [0, 0.05) is 31.9 Å². The molecule has 0 N–H and O–H groups in total. The van der Waals surface area contributed by atoms with Gasteiger partial charge in [-0.2, -0.15) is 0 Å². The molecule has 0 bridgehead atoms. The summed E-state index contributed by atoms with van der Waals surface area (Å²) in [5.74, 6) is 0.176. The standard InChI is InChI=1S/C24H24N2O4/c1-29-20-11-9-19(10-12-20)25-13-15-26(16-14-25)23(27)17-30-24(28)22-8-4-6-18-5-2-3-7-21(18)22/h2-12H,13-17H2,1H3. The maximum Gasteiger partial charge on any atom is 0.339 e. The summed E-state index contributed by atoms with van der Waals surface area (Å²) in [6, 6.07) is 21.0. The number of carbonyl (C=O) groups is 2. The average Bonchev–Trinajstić information content (AvgIpc) is 2.82. The number of rotatable bonds is 5. The highest BCUT2D eigenvalue weighted by molar-refractivity contribution is 6.04. The van der Waals surface area contributed by atoms with Crippen molar-refractivity contribution >= 4 is 28.3 Å². The third kappa shape index (κ3) is 4.22. The van der Waals surface area contributed by atoms with E-state index in [1.165, 1.54) is 0 Å². The Morgan fingerprint density at radius 2 is 1.57 bits per heavy atom. The Hall–Kier alpha value is -3.54. The summed E-state index contributed by atoms with van der Waals surface area (Å²) in [6.07, 6.45) is 0. The van der Waals surface area contributed by atoms with Crippen molar-refractivity contribution in [3.63, 3.8) is 0 Å². The van der Waals surface area contributed by atoms with Crippen LogP contribution >= 0.6 is 0 Å². The van der Waals surface area contributed by atoms with E-state index in [1.807, 2.05) is 60.7 Å². The molecule has 1 amide bonds. The van der Waals surface area contributed by atoms with Crippen LogP contribution in [0.25, 0.3) is 10.8 Å². The summed E-state index contributed by atoms with van der Waals surface area (Å²) >= 11 is 0. The van der Waals surface area contributed by atoms with Crippen molar-refractivity contribution in [2.75, 3.05) is 44.8 Å². The van der Waals surface area contributed by atoms with Gasteiger partial charge in [-0.15, -0.1) is 0 Å². The number of carbonyl (C=O) groups excluding carboxylic acids is 2. The van der Waals surface area contributed by atoms with Crippen molar-refractivity contribution in [3.8, 4) is 5.75 Å². The van der Waals surface area contributed by atoms with Crippen molar-refractivity contribution < 1.29 is 19.1 Å². The predicted octanol–water partition coefficient (Wildman–Crippen LogP) is 3.35. The number of hydrogen-bond donors (Lipinski definition) is 0. The summed E-state index contributed by atoms with van der Waals surface area (Å²) < 4.78 is 10.5. The first-order valence-corrected chi connectivity index (χ1v) is 9.97. The molecule has 0 aliphatic carbocycles. The molecule has 0 radical (unpaired) electrons. The Kier molecular flexibility index (Phi) is 5.84. The van der Waals surface area contributed by atoms with Gasteiger partial charge in [-0.05, 0) is 41.1 Å². The minimum Gasteiger partial charge on any atom is -0.497 e.